The zero-order valence-corrected chi connectivity index (χ0v) is 14.2. The third kappa shape index (κ3) is 3.46. The highest BCUT2D eigenvalue weighted by molar-refractivity contribution is 9.10. The highest BCUT2D eigenvalue weighted by atomic mass is 79.9. The summed E-state index contributed by atoms with van der Waals surface area (Å²) in [6, 6.07) is 10.1. The van der Waals surface area contributed by atoms with Gasteiger partial charge in [0, 0.05) is 36.2 Å². The molecule has 0 saturated carbocycles. The van der Waals surface area contributed by atoms with Crippen LogP contribution in [0.4, 0.5) is 0 Å². The lowest BCUT2D eigenvalue weighted by molar-refractivity contribution is 0.0775. The summed E-state index contributed by atoms with van der Waals surface area (Å²) >= 11 is 5.10. The normalized spacial score (nSPS) is 10.6. The molecule has 0 unspecified atom stereocenters. The van der Waals surface area contributed by atoms with Crippen LogP contribution in [0.1, 0.15) is 16.1 Å². The lowest BCUT2D eigenvalue weighted by Crippen LogP contribution is -2.27. The fourth-order valence-corrected chi connectivity index (χ4v) is 2.94. The van der Waals surface area contributed by atoms with E-state index in [9.17, 15) is 4.79 Å². The van der Waals surface area contributed by atoms with Gasteiger partial charge in [0.25, 0.3) is 5.91 Å². The Bertz CT molecular complexity index is 607. The van der Waals surface area contributed by atoms with Crippen molar-refractivity contribution in [1.82, 2.24) is 9.47 Å². The zero-order chi connectivity index (χ0) is 14.7. The van der Waals surface area contributed by atoms with Crippen LogP contribution < -0.4 is 0 Å². The van der Waals surface area contributed by atoms with E-state index in [1.54, 1.807) is 16.7 Å². The van der Waals surface area contributed by atoms with Crippen molar-refractivity contribution in [1.29, 1.82) is 0 Å². The van der Waals surface area contributed by atoms with E-state index in [4.69, 9.17) is 0 Å². The Morgan fingerprint density at radius 1 is 1.35 bits per heavy atom. The molecule has 0 atom stereocenters. The molecule has 0 fully saturated rings. The van der Waals surface area contributed by atoms with Gasteiger partial charge < -0.3 is 9.47 Å². The molecule has 0 N–H and O–H groups in total. The number of hydrogen-bond donors (Lipinski definition) is 0. The number of amides is 1. The maximum atomic E-state index is 12.4. The first-order chi connectivity index (χ1) is 9.51. The van der Waals surface area contributed by atoms with Crippen molar-refractivity contribution >= 4 is 33.6 Å². The van der Waals surface area contributed by atoms with E-state index >= 15 is 0 Å². The minimum atomic E-state index is 0.0205. The molecular weight excluding hydrogens is 336 g/mol. The number of benzene rings is 1. The Hall–Kier alpha value is -1.20. The third-order valence-corrected chi connectivity index (χ3v) is 4.29. The minimum absolute atomic E-state index is 0.0205. The molecular formula is C15H17BrN2OS. The minimum Gasteiger partial charge on any atom is -0.345 e. The maximum Gasteiger partial charge on any atom is 0.270 e. The molecule has 106 valence electrons. The monoisotopic (exact) mass is 352 g/mol. The highest BCUT2D eigenvalue weighted by Gasteiger charge is 2.15. The van der Waals surface area contributed by atoms with E-state index in [1.807, 2.05) is 30.9 Å². The van der Waals surface area contributed by atoms with E-state index < -0.39 is 0 Å². The topological polar surface area (TPSA) is 25.2 Å². The van der Waals surface area contributed by atoms with Crippen LogP contribution >= 0.6 is 27.7 Å². The van der Waals surface area contributed by atoms with Crippen LogP contribution in [0.3, 0.4) is 0 Å². The number of nitrogens with zero attached hydrogens (tertiary/aromatic N) is 2. The number of hydrogen-bond acceptors (Lipinski definition) is 2. The smallest absolute Gasteiger partial charge is 0.270 e. The van der Waals surface area contributed by atoms with Gasteiger partial charge in [0.1, 0.15) is 5.69 Å². The van der Waals surface area contributed by atoms with E-state index in [2.05, 4.69) is 46.5 Å². The van der Waals surface area contributed by atoms with Gasteiger partial charge in [-0.05, 0) is 45.9 Å². The van der Waals surface area contributed by atoms with Gasteiger partial charge in [0.15, 0.2) is 0 Å². The van der Waals surface area contributed by atoms with Crippen LogP contribution in [0.25, 0.3) is 0 Å². The molecule has 0 bridgehead atoms. The molecule has 0 aliphatic carbocycles. The number of aryl methyl sites for hydroxylation is 1. The van der Waals surface area contributed by atoms with Gasteiger partial charge in [-0.2, -0.15) is 0 Å². The van der Waals surface area contributed by atoms with E-state index in [0.717, 1.165) is 10.0 Å². The molecule has 0 saturated heterocycles. The summed E-state index contributed by atoms with van der Waals surface area (Å²) < 4.78 is 2.75. The highest BCUT2D eigenvalue weighted by Crippen LogP contribution is 2.18. The summed E-state index contributed by atoms with van der Waals surface area (Å²) in [7, 11) is 3.70. The van der Waals surface area contributed by atoms with Crippen molar-refractivity contribution in [2.24, 2.45) is 7.05 Å². The quantitative estimate of drug-likeness (QED) is 0.782. The molecule has 0 spiro atoms. The molecule has 0 aliphatic heterocycles. The second kappa shape index (κ2) is 6.50. The Morgan fingerprint density at radius 3 is 2.50 bits per heavy atom. The molecule has 1 aromatic carbocycles. The second-order valence-corrected chi connectivity index (χ2v) is 6.46. The molecule has 0 radical (unpaired) electrons. The van der Waals surface area contributed by atoms with Gasteiger partial charge in [-0.15, -0.1) is 11.8 Å². The SMILES string of the molecule is CSc1ccc(CN(C)C(=O)c2cc(Br)cn2C)cc1. The van der Waals surface area contributed by atoms with Gasteiger partial charge in [0.05, 0.1) is 0 Å². The molecule has 2 aromatic rings. The summed E-state index contributed by atoms with van der Waals surface area (Å²) in [5.74, 6) is 0.0205. The predicted octanol–water partition coefficient (Wildman–Crippen LogP) is 3.78. The van der Waals surface area contributed by atoms with Crippen molar-refractivity contribution in [3.8, 4) is 0 Å². The summed E-state index contributed by atoms with van der Waals surface area (Å²) in [6.07, 6.45) is 3.94. The first kappa shape index (κ1) is 15.2. The summed E-state index contributed by atoms with van der Waals surface area (Å²) in [6.45, 7) is 0.607. The Balaban J connectivity index is 2.09. The van der Waals surface area contributed by atoms with Crippen molar-refractivity contribution in [3.05, 3.63) is 52.3 Å². The van der Waals surface area contributed by atoms with Crippen molar-refractivity contribution in [3.63, 3.8) is 0 Å². The van der Waals surface area contributed by atoms with Crippen molar-refractivity contribution < 1.29 is 4.79 Å². The summed E-state index contributed by atoms with van der Waals surface area (Å²) in [5, 5.41) is 0. The Morgan fingerprint density at radius 2 is 2.00 bits per heavy atom. The lowest BCUT2D eigenvalue weighted by Gasteiger charge is -2.17. The average molecular weight is 353 g/mol. The number of thioether (sulfide) groups is 1. The van der Waals surface area contributed by atoms with Crippen LogP contribution in [0.15, 0.2) is 45.9 Å². The van der Waals surface area contributed by atoms with E-state index in [0.29, 0.717) is 12.2 Å². The molecule has 5 heteroatoms. The maximum absolute atomic E-state index is 12.4. The van der Waals surface area contributed by atoms with Crippen molar-refractivity contribution in [2.75, 3.05) is 13.3 Å². The van der Waals surface area contributed by atoms with E-state index in [1.165, 1.54) is 4.90 Å². The number of halogens is 1. The van der Waals surface area contributed by atoms with Crippen LogP contribution in [-0.4, -0.2) is 28.7 Å². The first-order valence-corrected chi connectivity index (χ1v) is 8.23. The van der Waals surface area contributed by atoms with Gasteiger partial charge in [0.2, 0.25) is 0 Å². The van der Waals surface area contributed by atoms with Gasteiger partial charge >= 0.3 is 0 Å². The largest absolute Gasteiger partial charge is 0.345 e. The van der Waals surface area contributed by atoms with Crippen LogP contribution in [0.2, 0.25) is 0 Å². The number of carbonyl (C=O) groups excluding carboxylic acids is 1. The van der Waals surface area contributed by atoms with Gasteiger partial charge in [-0.1, -0.05) is 12.1 Å². The first-order valence-electron chi connectivity index (χ1n) is 6.21. The molecule has 20 heavy (non-hydrogen) atoms. The van der Waals surface area contributed by atoms with Crippen molar-refractivity contribution in [2.45, 2.75) is 11.4 Å². The Labute approximate surface area is 132 Å². The molecule has 1 amide bonds. The van der Waals surface area contributed by atoms with Gasteiger partial charge in [-0.3, -0.25) is 4.79 Å². The molecule has 3 nitrogen and oxygen atoms in total. The Kier molecular flexibility index (Phi) is 4.94. The lowest BCUT2D eigenvalue weighted by atomic mass is 10.2. The number of rotatable bonds is 4. The predicted molar refractivity (Wildman–Crippen MR) is 87.1 cm³/mol. The van der Waals surface area contributed by atoms with E-state index in [-0.39, 0.29) is 5.91 Å². The molecule has 1 heterocycles. The fourth-order valence-electron chi connectivity index (χ4n) is 2.01. The van der Waals surface area contributed by atoms with Crippen LogP contribution in [0, 0.1) is 0 Å². The number of carbonyl (C=O) groups is 1. The van der Waals surface area contributed by atoms with Crippen LogP contribution in [-0.2, 0) is 13.6 Å². The average Bonchev–Trinajstić information content (AvgIpc) is 2.77. The fraction of sp³-hybridized carbons (Fsp3) is 0.267. The summed E-state index contributed by atoms with van der Waals surface area (Å²) in [4.78, 5) is 15.3. The molecule has 1 aromatic heterocycles. The van der Waals surface area contributed by atoms with Crippen LogP contribution in [0.5, 0.6) is 0 Å². The number of aromatic nitrogens is 1. The second-order valence-electron chi connectivity index (χ2n) is 4.66. The molecule has 0 aliphatic rings. The standard InChI is InChI=1S/C15H17BrN2OS/c1-17-10-12(16)8-14(17)15(19)18(2)9-11-4-6-13(20-3)7-5-11/h4-8,10H,9H2,1-3H3. The van der Waals surface area contributed by atoms with Gasteiger partial charge in [-0.25, -0.2) is 0 Å². The zero-order valence-electron chi connectivity index (χ0n) is 11.8. The summed E-state index contributed by atoms with van der Waals surface area (Å²) in [5.41, 5.74) is 1.81. The third-order valence-electron chi connectivity index (χ3n) is 3.12. The molecule has 2 rings (SSSR count).